The summed E-state index contributed by atoms with van der Waals surface area (Å²) in [5.74, 6) is 0.861. The molecule has 0 bridgehead atoms. The normalized spacial score (nSPS) is 9.40. The molecule has 2 aromatic carbocycles. The molecule has 0 heterocycles. The van der Waals surface area contributed by atoms with Crippen LogP contribution in [0.15, 0.2) is 49.1 Å². The second kappa shape index (κ2) is 8.19. The Morgan fingerprint density at radius 3 is 2.44 bits per heavy atom. The van der Waals surface area contributed by atoms with Crippen LogP contribution in [0.3, 0.4) is 0 Å². The Morgan fingerprint density at radius 2 is 1.80 bits per heavy atom. The van der Waals surface area contributed by atoms with Gasteiger partial charge in [-0.1, -0.05) is 6.58 Å². The number of rotatable bonds is 6. The van der Waals surface area contributed by atoms with Gasteiger partial charge in [0.1, 0.15) is 36.0 Å². The zero-order valence-corrected chi connectivity index (χ0v) is 13.5. The first-order chi connectivity index (χ1) is 12.1. The topological polar surface area (TPSA) is 92.3 Å². The third-order valence-electron chi connectivity index (χ3n) is 3.26. The summed E-state index contributed by atoms with van der Waals surface area (Å²) in [4.78, 5) is 11.2. The summed E-state index contributed by atoms with van der Waals surface area (Å²) in [6, 6.07) is 13.5. The maximum atomic E-state index is 11.2. The zero-order valence-electron chi connectivity index (χ0n) is 13.5. The Labute approximate surface area is 145 Å². The van der Waals surface area contributed by atoms with Gasteiger partial charge >= 0.3 is 5.97 Å². The van der Waals surface area contributed by atoms with Crippen LogP contribution in [-0.2, 0) is 16.1 Å². The highest BCUT2D eigenvalue weighted by atomic mass is 16.5. The lowest BCUT2D eigenvalue weighted by atomic mass is 10.1. The van der Waals surface area contributed by atoms with Gasteiger partial charge in [0.05, 0.1) is 18.2 Å². The molecule has 0 aliphatic rings. The Morgan fingerprint density at radius 1 is 1.12 bits per heavy atom. The van der Waals surface area contributed by atoms with Gasteiger partial charge in [-0.2, -0.15) is 10.5 Å². The van der Waals surface area contributed by atoms with Crippen LogP contribution in [0, 0.1) is 22.7 Å². The van der Waals surface area contributed by atoms with Crippen LogP contribution < -0.4 is 9.47 Å². The fourth-order valence-corrected chi connectivity index (χ4v) is 2.03. The standard InChI is InChI=1S/C19H14N2O4/c1-3-19(22)24-12-14-5-7-17(9-18(14)23-2)25-16-6-4-13(10-20)15(8-16)11-21/h3-9H,1,12H2,2H3. The maximum Gasteiger partial charge on any atom is 0.330 e. The van der Waals surface area contributed by atoms with Crippen molar-refractivity contribution in [3.05, 3.63) is 65.7 Å². The number of hydrogen-bond donors (Lipinski definition) is 0. The molecular formula is C19H14N2O4. The average Bonchev–Trinajstić information content (AvgIpc) is 2.66. The molecule has 0 saturated heterocycles. The van der Waals surface area contributed by atoms with Gasteiger partial charge < -0.3 is 14.2 Å². The Bertz CT molecular complexity index is 891. The molecule has 124 valence electrons. The molecule has 25 heavy (non-hydrogen) atoms. The van der Waals surface area contributed by atoms with Crippen molar-refractivity contribution in [1.82, 2.24) is 0 Å². The molecule has 0 aliphatic heterocycles. The van der Waals surface area contributed by atoms with Crippen molar-refractivity contribution >= 4 is 5.97 Å². The Kier molecular flexibility index (Phi) is 5.76. The van der Waals surface area contributed by atoms with E-state index in [2.05, 4.69) is 6.58 Å². The molecule has 0 aliphatic carbocycles. The lowest BCUT2D eigenvalue weighted by molar-refractivity contribution is -0.139. The van der Waals surface area contributed by atoms with Gasteiger partial charge in [0.15, 0.2) is 0 Å². The molecule has 0 radical (unpaired) electrons. The van der Waals surface area contributed by atoms with Crippen LogP contribution in [0.2, 0.25) is 0 Å². The Hall–Kier alpha value is -3.77. The molecule has 0 spiro atoms. The van der Waals surface area contributed by atoms with E-state index in [9.17, 15) is 4.79 Å². The SMILES string of the molecule is C=CC(=O)OCc1ccc(Oc2ccc(C#N)c(C#N)c2)cc1OC. The zero-order chi connectivity index (χ0) is 18.2. The number of nitriles is 2. The van der Waals surface area contributed by atoms with Crippen LogP contribution >= 0.6 is 0 Å². The van der Waals surface area contributed by atoms with Crippen LogP contribution in [0.25, 0.3) is 0 Å². The predicted octanol–water partition coefficient (Wildman–Crippen LogP) is 3.46. The molecule has 2 rings (SSSR count). The van der Waals surface area contributed by atoms with Gasteiger partial charge in [0.2, 0.25) is 0 Å². The molecule has 0 atom stereocenters. The van der Waals surface area contributed by atoms with Crippen molar-refractivity contribution in [2.24, 2.45) is 0 Å². The number of esters is 1. The third kappa shape index (κ3) is 4.37. The highest BCUT2D eigenvalue weighted by molar-refractivity contribution is 5.81. The predicted molar refractivity (Wildman–Crippen MR) is 88.9 cm³/mol. The van der Waals surface area contributed by atoms with E-state index in [1.807, 2.05) is 12.1 Å². The summed E-state index contributed by atoms with van der Waals surface area (Å²) >= 11 is 0. The number of ether oxygens (including phenoxy) is 3. The molecule has 0 aromatic heterocycles. The number of methoxy groups -OCH3 is 1. The molecule has 0 fully saturated rings. The van der Waals surface area contributed by atoms with Crippen molar-refractivity contribution in [3.8, 4) is 29.4 Å². The van der Waals surface area contributed by atoms with E-state index in [0.29, 0.717) is 22.8 Å². The molecule has 0 amide bonds. The van der Waals surface area contributed by atoms with Gasteiger partial charge in [-0.25, -0.2) is 4.79 Å². The van der Waals surface area contributed by atoms with E-state index in [1.54, 1.807) is 24.3 Å². The fraction of sp³-hybridized carbons (Fsp3) is 0.105. The van der Waals surface area contributed by atoms with Gasteiger partial charge in [0, 0.05) is 17.7 Å². The molecule has 0 N–H and O–H groups in total. The summed E-state index contributed by atoms with van der Waals surface area (Å²) in [6.07, 6.45) is 1.08. The molecule has 6 heteroatoms. The minimum absolute atomic E-state index is 0.0454. The summed E-state index contributed by atoms with van der Waals surface area (Å²) in [5.41, 5.74) is 1.19. The fourth-order valence-electron chi connectivity index (χ4n) is 2.03. The van der Waals surface area contributed by atoms with Crippen LogP contribution in [-0.4, -0.2) is 13.1 Å². The summed E-state index contributed by atoms with van der Waals surface area (Å²) in [5, 5.41) is 18.0. The van der Waals surface area contributed by atoms with Crippen molar-refractivity contribution in [2.75, 3.05) is 7.11 Å². The molecular weight excluding hydrogens is 320 g/mol. The largest absolute Gasteiger partial charge is 0.496 e. The Balaban J connectivity index is 2.21. The van der Waals surface area contributed by atoms with Gasteiger partial charge in [-0.05, 0) is 30.3 Å². The van der Waals surface area contributed by atoms with E-state index in [0.717, 1.165) is 6.08 Å². The quantitative estimate of drug-likeness (QED) is 0.593. The monoisotopic (exact) mass is 334 g/mol. The third-order valence-corrected chi connectivity index (χ3v) is 3.26. The van der Waals surface area contributed by atoms with Crippen LogP contribution in [0.5, 0.6) is 17.2 Å². The smallest absolute Gasteiger partial charge is 0.330 e. The van der Waals surface area contributed by atoms with Gasteiger partial charge in [0.25, 0.3) is 0 Å². The van der Waals surface area contributed by atoms with Crippen molar-refractivity contribution < 1.29 is 19.0 Å². The van der Waals surface area contributed by atoms with Gasteiger partial charge in [-0.15, -0.1) is 0 Å². The minimum atomic E-state index is -0.524. The molecule has 6 nitrogen and oxygen atoms in total. The summed E-state index contributed by atoms with van der Waals surface area (Å²) in [6.45, 7) is 3.38. The number of carbonyl (C=O) groups excluding carboxylic acids is 1. The molecule has 0 unspecified atom stereocenters. The van der Waals surface area contributed by atoms with Gasteiger partial charge in [-0.3, -0.25) is 0 Å². The van der Waals surface area contributed by atoms with Crippen molar-refractivity contribution in [3.63, 3.8) is 0 Å². The lowest BCUT2D eigenvalue weighted by Gasteiger charge is -2.12. The van der Waals surface area contributed by atoms with E-state index >= 15 is 0 Å². The van der Waals surface area contributed by atoms with Crippen LogP contribution in [0.1, 0.15) is 16.7 Å². The average molecular weight is 334 g/mol. The highest BCUT2D eigenvalue weighted by Crippen LogP contribution is 2.29. The van der Waals surface area contributed by atoms with Crippen molar-refractivity contribution in [2.45, 2.75) is 6.61 Å². The molecule has 2 aromatic rings. The lowest BCUT2D eigenvalue weighted by Crippen LogP contribution is -2.02. The van der Waals surface area contributed by atoms with E-state index in [-0.39, 0.29) is 17.7 Å². The second-order valence-electron chi connectivity index (χ2n) is 4.82. The van der Waals surface area contributed by atoms with E-state index in [1.165, 1.54) is 19.2 Å². The van der Waals surface area contributed by atoms with E-state index in [4.69, 9.17) is 24.7 Å². The second-order valence-corrected chi connectivity index (χ2v) is 4.82. The number of carbonyl (C=O) groups is 1. The number of hydrogen-bond acceptors (Lipinski definition) is 6. The maximum absolute atomic E-state index is 11.2. The minimum Gasteiger partial charge on any atom is -0.496 e. The first-order valence-electron chi connectivity index (χ1n) is 7.19. The summed E-state index contributed by atoms with van der Waals surface area (Å²) < 4.78 is 16.0. The molecule has 0 saturated carbocycles. The number of nitrogens with zero attached hydrogens (tertiary/aromatic N) is 2. The highest BCUT2D eigenvalue weighted by Gasteiger charge is 2.09. The summed E-state index contributed by atoms with van der Waals surface area (Å²) in [7, 11) is 1.49. The number of benzene rings is 2. The van der Waals surface area contributed by atoms with Crippen molar-refractivity contribution in [1.29, 1.82) is 10.5 Å². The first kappa shape index (κ1) is 17.6. The van der Waals surface area contributed by atoms with Crippen LogP contribution in [0.4, 0.5) is 0 Å². The first-order valence-corrected chi connectivity index (χ1v) is 7.19. The van der Waals surface area contributed by atoms with E-state index < -0.39 is 5.97 Å².